The van der Waals surface area contributed by atoms with Crippen molar-refractivity contribution in [3.05, 3.63) is 0 Å². The van der Waals surface area contributed by atoms with E-state index in [4.69, 9.17) is 0 Å². The minimum absolute atomic E-state index is 0.343. The smallest absolute Gasteiger partial charge is 0.0347 e. The number of likely N-dealkylation sites (N-methyl/N-ethyl adjacent to an activating group) is 2. The zero-order valence-corrected chi connectivity index (χ0v) is 15.8. The number of piperidine rings is 1. The summed E-state index contributed by atoms with van der Waals surface area (Å²) >= 11 is 0. The lowest BCUT2D eigenvalue weighted by Crippen LogP contribution is -2.56. The first-order valence-corrected chi connectivity index (χ1v) is 9.08. The van der Waals surface area contributed by atoms with Crippen molar-refractivity contribution < 1.29 is 0 Å². The third-order valence-corrected chi connectivity index (χ3v) is 5.52. The summed E-state index contributed by atoms with van der Waals surface area (Å²) in [7, 11) is 6.66. The fourth-order valence-electron chi connectivity index (χ4n) is 3.95. The normalized spacial score (nSPS) is 27.7. The topological polar surface area (TPSA) is 13.0 Å². The highest BCUT2D eigenvalue weighted by atomic mass is 15.3. The summed E-state index contributed by atoms with van der Waals surface area (Å²) < 4.78 is 0. The molecule has 130 valence electrons. The van der Waals surface area contributed by atoms with Crippen molar-refractivity contribution in [2.45, 2.75) is 45.2 Å². The lowest BCUT2D eigenvalue weighted by molar-refractivity contribution is 0.0435. The molecule has 0 amide bonds. The number of likely N-dealkylation sites (tertiary alicyclic amines) is 1. The summed E-state index contributed by atoms with van der Waals surface area (Å²) in [6.07, 6.45) is 2.75. The zero-order chi connectivity index (χ0) is 16.3. The van der Waals surface area contributed by atoms with Crippen LogP contribution in [0.5, 0.6) is 0 Å². The molecule has 0 bridgehead atoms. The Hall–Kier alpha value is -0.160. The van der Waals surface area contributed by atoms with Crippen LogP contribution < -0.4 is 0 Å². The lowest BCUT2D eigenvalue weighted by atomic mass is 9.92. The van der Waals surface area contributed by atoms with Crippen LogP contribution in [-0.4, -0.2) is 98.1 Å². The van der Waals surface area contributed by atoms with Gasteiger partial charge in [-0.1, -0.05) is 0 Å². The Morgan fingerprint density at radius 2 is 1.64 bits per heavy atom. The van der Waals surface area contributed by atoms with E-state index in [2.05, 4.69) is 61.5 Å². The van der Waals surface area contributed by atoms with E-state index in [1.54, 1.807) is 0 Å². The van der Waals surface area contributed by atoms with Crippen LogP contribution in [0.25, 0.3) is 0 Å². The van der Waals surface area contributed by atoms with Gasteiger partial charge in [0.15, 0.2) is 0 Å². The van der Waals surface area contributed by atoms with Crippen molar-refractivity contribution in [2.75, 3.05) is 67.0 Å². The van der Waals surface area contributed by atoms with E-state index < -0.39 is 0 Å². The van der Waals surface area contributed by atoms with Crippen LogP contribution in [0.15, 0.2) is 0 Å². The summed E-state index contributed by atoms with van der Waals surface area (Å²) in [4.78, 5) is 10.2. The van der Waals surface area contributed by atoms with E-state index in [0.29, 0.717) is 11.6 Å². The van der Waals surface area contributed by atoms with Crippen LogP contribution >= 0.6 is 0 Å². The van der Waals surface area contributed by atoms with E-state index in [-0.39, 0.29) is 0 Å². The average molecular weight is 311 g/mol. The van der Waals surface area contributed by atoms with E-state index in [0.717, 1.165) is 5.92 Å². The Balaban J connectivity index is 1.77. The zero-order valence-electron chi connectivity index (χ0n) is 15.8. The number of hydrogen-bond donors (Lipinski definition) is 0. The van der Waals surface area contributed by atoms with E-state index >= 15 is 0 Å². The highest BCUT2D eigenvalue weighted by Crippen LogP contribution is 2.25. The van der Waals surface area contributed by atoms with Gasteiger partial charge in [0.1, 0.15) is 0 Å². The van der Waals surface area contributed by atoms with Gasteiger partial charge < -0.3 is 9.80 Å². The number of piperazine rings is 1. The van der Waals surface area contributed by atoms with Crippen molar-refractivity contribution >= 4 is 0 Å². The first kappa shape index (κ1) is 18.2. The molecule has 4 nitrogen and oxygen atoms in total. The molecule has 2 heterocycles. The maximum atomic E-state index is 2.73. The maximum Gasteiger partial charge on any atom is 0.0347 e. The standard InChI is InChI=1S/C18H38N4/c1-18(2,3)22-9-7-16(8-10-22)13-21-12-11-20(6)17(15-21)14-19(4)5/h16-17H,7-15H2,1-6H3. The van der Waals surface area contributed by atoms with Crippen molar-refractivity contribution in [3.63, 3.8) is 0 Å². The molecule has 0 aliphatic carbocycles. The highest BCUT2D eigenvalue weighted by Gasteiger charge is 2.30. The van der Waals surface area contributed by atoms with Gasteiger partial charge >= 0.3 is 0 Å². The lowest BCUT2D eigenvalue weighted by Gasteiger charge is -2.44. The molecule has 0 N–H and O–H groups in total. The van der Waals surface area contributed by atoms with Gasteiger partial charge in [-0.05, 0) is 73.8 Å². The Morgan fingerprint density at radius 1 is 1.00 bits per heavy atom. The minimum atomic E-state index is 0.343. The Morgan fingerprint density at radius 3 is 2.18 bits per heavy atom. The summed E-state index contributed by atoms with van der Waals surface area (Å²) in [6.45, 7) is 15.8. The molecular formula is C18H38N4. The second kappa shape index (κ2) is 7.61. The molecule has 0 saturated carbocycles. The van der Waals surface area contributed by atoms with Crippen LogP contribution in [0.1, 0.15) is 33.6 Å². The molecule has 22 heavy (non-hydrogen) atoms. The van der Waals surface area contributed by atoms with Crippen LogP contribution in [0.2, 0.25) is 0 Å². The molecule has 4 heteroatoms. The molecule has 1 unspecified atom stereocenters. The quantitative estimate of drug-likeness (QED) is 0.783. The van der Waals surface area contributed by atoms with Gasteiger partial charge in [-0.25, -0.2) is 0 Å². The van der Waals surface area contributed by atoms with Crippen LogP contribution in [-0.2, 0) is 0 Å². The van der Waals surface area contributed by atoms with Crippen molar-refractivity contribution in [2.24, 2.45) is 5.92 Å². The molecule has 2 fully saturated rings. The molecule has 0 aromatic heterocycles. The Bertz CT molecular complexity index is 328. The fourth-order valence-corrected chi connectivity index (χ4v) is 3.95. The summed E-state index contributed by atoms with van der Waals surface area (Å²) in [5, 5.41) is 0. The first-order chi connectivity index (χ1) is 10.3. The van der Waals surface area contributed by atoms with E-state index in [9.17, 15) is 0 Å². The average Bonchev–Trinajstić information content (AvgIpc) is 2.41. The van der Waals surface area contributed by atoms with Gasteiger partial charge in [-0.15, -0.1) is 0 Å². The highest BCUT2D eigenvalue weighted by molar-refractivity contribution is 4.86. The molecule has 2 aliphatic heterocycles. The van der Waals surface area contributed by atoms with Gasteiger partial charge in [0.25, 0.3) is 0 Å². The molecule has 0 radical (unpaired) electrons. The molecule has 0 aromatic rings. The van der Waals surface area contributed by atoms with Gasteiger partial charge in [0.2, 0.25) is 0 Å². The SMILES string of the molecule is CN(C)CC1CN(CC2CCN(C(C)(C)C)CC2)CCN1C. The summed E-state index contributed by atoms with van der Waals surface area (Å²) in [6, 6.07) is 0.693. The third-order valence-electron chi connectivity index (χ3n) is 5.52. The summed E-state index contributed by atoms with van der Waals surface area (Å²) in [5.74, 6) is 0.905. The third kappa shape index (κ3) is 5.19. The van der Waals surface area contributed by atoms with Crippen molar-refractivity contribution in [3.8, 4) is 0 Å². The molecule has 1 atom stereocenters. The second-order valence-corrected chi connectivity index (χ2v) is 8.76. The minimum Gasteiger partial charge on any atom is -0.308 e. The van der Waals surface area contributed by atoms with Crippen LogP contribution in [0.3, 0.4) is 0 Å². The molecule has 2 aliphatic rings. The van der Waals surface area contributed by atoms with Gasteiger partial charge in [-0.2, -0.15) is 0 Å². The Labute approximate surface area is 138 Å². The predicted molar refractivity (Wildman–Crippen MR) is 95.5 cm³/mol. The van der Waals surface area contributed by atoms with Gasteiger partial charge in [0.05, 0.1) is 0 Å². The monoisotopic (exact) mass is 310 g/mol. The van der Waals surface area contributed by atoms with Crippen molar-refractivity contribution in [1.29, 1.82) is 0 Å². The molecular weight excluding hydrogens is 272 g/mol. The first-order valence-electron chi connectivity index (χ1n) is 9.08. The second-order valence-electron chi connectivity index (χ2n) is 8.76. The summed E-state index contributed by atoms with van der Waals surface area (Å²) in [5.41, 5.74) is 0.343. The predicted octanol–water partition coefficient (Wildman–Crippen LogP) is 1.67. The molecule has 0 spiro atoms. The number of rotatable bonds is 4. The van der Waals surface area contributed by atoms with Crippen LogP contribution in [0, 0.1) is 5.92 Å². The number of hydrogen-bond acceptors (Lipinski definition) is 4. The molecule has 0 aromatic carbocycles. The van der Waals surface area contributed by atoms with Gasteiger partial charge in [-0.3, -0.25) is 9.80 Å². The van der Waals surface area contributed by atoms with Crippen molar-refractivity contribution in [1.82, 2.24) is 19.6 Å². The Kier molecular flexibility index (Phi) is 6.29. The van der Waals surface area contributed by atoms with Gasteiger partial charge in [0, 0.05) is 44.3 Å². The molecule has 2 saturated heterocycles. The molecule has 2 rings (SSSR count). The fraction of sp³-hybridized carbons (Fsp3) is 1.00. The van der Waals surface area contributed by atoms with Crippen LogP contribution in [0.4, 0.5) is 0 Å². The number of nitrogens with zero attached hydrogens (tertiary/aromatic N) is 4. The largest absolute Gasteiger partial charge is 0.308 e. The van der Waals surface area contributed by atoms with E-state index in [1.165, 1.54) is 58.7 Å². The van der Waals surface area contributed by atoms with E-state index in [1.807, 2.05) is 0 Å². The maximum absolute atomic E-state index is 2.73.